The first kappa shape index (κ1) is 16.1. The number of benzene rings is 3. The Balaban J connectivity index is 0.000000159. The largest absolute Gasteiger partial charge is 0.506 e. The molecule has 6 nitrogen and oxygen atoms in total. The van der Waals surface area contributed by atoms with Crippen LogP contribution in [0.25, 0.3) is 10.8 Å². The summed E-state index contributed by atoms with van der Waals surface area (Å²) in [7, 11) is -4.41. The maximum Gasteiger partial charge on any atom is 0.298 e. The molecule has 0 saturated carbocycles. The van der Waals surface area contributed by atoms with Crippen LogP contribution in [0, 0.1) is 6.92 Å². The zero-order valence-electron chi connectivity index (χ0n) is 12.7. The molecule has 0 spiro atoms. The van der Waals surface area contributed by atoms with Gasteiger partial charge in [0.05, 0.1) is 0 Å². The number of nitrogens with zero attached hydrogens (tertiary/aromatic N) is 2. The second-order valence-electron chi connectivity index (χ2n) is 5.25. The number of hydrogen-bond acceptors (Lipinski definition) is 5. The summed E-state index contributed by atoms with van der Waals surface area (Å²) in [5.41, 5.74) is 3.29. The van der Waals surface area contributed by atoms with Crippen molar-refractivity contribution in [2.75, 3.05) is 0 Å². The second kappa shape index (κ2) is 6.03. The lowest BCUT2D eigenvalue weighted by Crippen LogP contribution is -1.99. The van der Waals surface area contributed by atoms with Gasteiger partial charge in [0.25, 0.3) is 10.1 Å². The third-order valence-corrected chi connectivity index (χ3v) is 4.54. The van der Waals surface area contributed by atoms with Crippen molar-refractivity contribution >= 4 is 32.3 Å². The number of rotatable bonds is 1. The number of fused-ring (bicyclic) bond motifs is 2. The average Bonchev–Trinajstić information content (AvgIpc) is 2.48. The van der Waals surface area contributed by atoms with Crippen molar-refractivity contribution in [3.63, 3.8) is 0 Å². The number of phenols is 1. The van der Waals surface area contributed by atoms with Crippen molar-refractivity contribution in [3.8, 4) is 5.75 Å². The smallest absolute Gasteiger partial charge is 0.298 e. The van der Waals surface area contributed by atoms with E-state index in [1.54, 1.807) is 24.3 Å². The molecule has 0 radical (unpaired) electrons. The van der Waals surface area contributed by atoms with Crippen LogP contribution >= 0.6 is 0 Å². The third-order valence-electron chi connectivity index (χ3n) is 3.59. The van der Waals surface area contributed by atoms with E-state index in [0.29, 0.717) is 10.8 Å². The first-order chi connectivity index (χ1) is 11.4. The predicted octanol–water partition coefficient (Wildman–Crippen LogP) is 4.52. The summed E-state index contributed by atoms with van der Waals surface area (Å²) in [5, 5.41) is 18.0. The summed E-state index contributed by atoms with van der Waals surface area (Å²) in [6, 6.07) is 15.4. The first-order valence-electron chi connectivity index (χ1n) is 7.07. The molecule has 0 bridgehead atoms. The molecule has 0 fully saturated rings. The molecule has 0 aliphatic carbocycles. The van der Waals surface area contributed by atoms with Crippen LogP contribution in [0.3, 0.4) is 0 Å². The minimum Gasteiger partial charge on any atom is -0.506 e. The molecule has 7 heteroatoms. The van der Waals surface area contributed by atoms with Crippen molar-refractivity contribution < 1.29 is 18.1 Å². The summed E-state index contributed by atoms with van der Waals surface area (Å²) < 4.78 is 31.1. The maximum atomic E-state index is 11.1. The van der Waals surface area contributed by atoms with E-state index in [2.05, 4.69) is 10.2 Å². The highest BCUT2D eigenvalue weighted by Crippen LogP contribution is 2.39. The summed E-state index contributed by atoms with van der Waals surface area (Å²) in [4.78, 5) is -0.444. The van der Waals surface area contributed by atoms with Gasteiger partial charge >= 0.3 is 0 Å². The monoisotopic (exact) mass is 342 g/mol. The minimum atomic E-state index is -4.41. The molecule has 4 rings (SSSR count). The molecule has 3 aromatic carbocycles. The van der Waals surface area contributed by atoms with E-state index in [-0.39, 0.29) is 0 Å². The molecule has 1 aliphatic heterocycles. The molecule has 0 unspecified atom stereocenters. The molecule has 0 saturated heterocycles. The molecule has 0 aromatic heterocycles. The van der Waals surface area contributed by atoms with Crippen LogP contribution in [0.5, 0.6) is 5.75 Å². The molecule has 24 heavy (non-hydrogen) atoms. The van der Waals surface area contributed by atoms with Crippen molar-refractivity contribution in [1.29, 1.82) is 0 Å². The number of aryl methyl sites for hydroxylation is 1. The Morgan fingerprint density at radius 2 is 1.67 bits per heavy atom. The molecule has 0 atom stereocenters. The van der Waals surface area contributed by atoms with Crippen LogP contribution in [0.1, 0.15) is 5.56 Å². The summed E-state index contributed by atoms with van der Waals surface area (Å²) in [5.74, 6) is -0.448. The summed E-state index contributed by atoms with van der Waals surface area (Å²) in [6.45, 7) is 2.04. The zero-order chi connectivity index (χ0) is 17.3. The molecule has 2 N–H and O–H groups in total. The van der Waals surface area contributed by atoms with Gasteiger partial charge < -0.3 is 5.11 Å². The van der Waals surface area contributed by atoms with Crippen LogP contribution in [0.2, 0.25) is 0 Å². The molecule has 1 heterocycles. The van der Waals surface area contributed by atoms with E-state index in [1.165, 1.54) is 17.7 Å². The Labute approximate surface area is 138 Å². The number of aromatic hydroxyl groups is 1. The van der Waals surface area contributed by atoms with Gasteiger partial charge in [-0.3, -0.25) is 4.55 Å². The van der Waals surface area contributed by atoms with E-state index in [4.69, 9.17) is 4.55 Å². The lowest BCUT2D eigenvalue weighted by molar-refractivity contribution is 0.445. The normalized spacial score (nSPS) is 12.1. The Morgan fingerprint density at radius 3 is 2.25 bits per heavy atom. The van der Waals surface area contributed by atoms with Gasteiger partial charge in [-0.05, 0) is 30.0 Å². The maximum absolute atomic E-state index is 11.1. The highest BCUT2D eigenvalue weighted by atomic mass is 32.2. The van der Waals surface area contributed by atoms with Crippen LogP contribution < -0.4 is 0 Å². The molecule has 3 aromatic rings. The minimum absolute atomic E-state index is 0.306. The van der Waals surface area contributed by atoms with E-state index in [0.717, 1.165) is 11.4 Å². The fraction of sp³-hybridized carbons (Fsp3) is 0.0588. The van der Waals surface area contributed by atoms with E-state index in [1.807, 2.05) is 25.1 Å². The quantitative estimate of drug-likeness (QED) is 0.497. The SMILES string of the molecule is Cc1cccc2c1N=N2.O=S(=O)(O)c1c(O)ccc2ccccc12. The van der Waals surface area contributed by atoms with Crippen LogP contribution in [-0.4, -0.2) is 18.1 Å². The summed E-state index contributed by atoms with van der Waals surface area (Å²) in [6.07, 6.45) is 0. The average molecular weight is 342 g/mol. The van der Waals surface area contributed by atoms with E-state index < -0.39 is 20.8 Å². The van der Waals surface area contributed by atoms with Crippen molar-refractivity contribution in [1.82, 2.24) is 0 Å². The van der Waals surface area contributed by atoms with Crippen molar-refractivity contribution in [3.05, 3.63) is 60.2 Å². The molecular weight excluding hydrogens is 328 g/mol. The van der Waals surface area contributed by atoms with Crippen LogP contribution in [0.4, 0.5) is 11.4 Å². The number of azo groups is 1. The van der Waals surface area contributed by atoms with Crippen LogP contribution in [0.15, 0.2) is 69.7 Å². The van der Waals surface area contributed by atoms with E-state index >= 15 is 0 Å². The van der Waals surface area contributed by atoms with Gasteiger partial charge in [0.1, 0.15) is 22.0 Å². The lowest BCUT2D eigenvalue weighted by Gasteiger charge is -2.07. The highest BCUT2D eigenvalue weighted by molar-refractivity contribution is 7.86. The fourth-order valence-electron chi connectivity index (χ4n) is 2.42. The second-order valence-corrected chi connectivity index (χ2v) is 6.61. The fourth-order valence-corrected chi connectivity index (χ4v) is 3.21. The molecular formula is C17H14N2O4S. The Morgan fingerprint density at radius 1 is 0.917 bits per heavy atom. The van der Waals surface area contributed by atoms with Gasteiger partial charge in [-0.2, -0.15) is 8.42 Å². The topological polar surface area (TPSA) is 99.3 Å². The zero-order valence-corrected chi connectivity index (χ0v) is 13.5. The number of hydrogen-bond donors (Lipinski definition) is 2. The number of phenolic OH excluding ortho intramolecular Hbond substituents is 1. The van der Waals surface area contributed by atoms with E-state index in [9.17, 15) is 13.5 Å². The van der Waals surface area contributed by atoms with Gasteiger partial charge in [-0.25, -0.2) is 0 Å². The Bertz CT molecular complexity index is 1060. The Hall–Kier alpha value is -2.77. The van der Waals surface area contributed by atoms with Crippen LogP contribution in [-0.2, 0) is 10.1 Å². The third kappa shape index (κ3) is 2.99. The highest BCUT2D eigenvalue weighted by Gasteiger charge is 2.18. The van der Waals surface area contributed by atoms with Crippen molar-refractivity contribution in [2.24, 2.45) is 10.2 Å². The van der Waals surface area contributed by atoms with Gasteiger partial charge in [0.2, 0.25) is 0 Å². The van der Waals surface area contributed by atoms with Gasteiger partial charge in [-0.1, -0.05) is 42.5 Å². The van der Waals surface area contributed by atoms with Gasteiger partial charge in [0.15, 0.2) is 0 Å². The molecule has 1 aliphatic rings. The van der Waals surface area contributed by atoms with Gasteiger partial charge in [0, 0.05) is 5.39 Å². The first-order valence-corrected chi connectivity index (χ1v) is 8.51. The lowest BCUT2D eigenvalue weighted by atomic mass is 10.1. The summed E-state index contributed by atoms with van der Waals surface area (Å²) >= 11 is 0. The Kier molecular flexibility index (Phi) is 4.04. The standard InChI is InChI=1S/C10H8O4S.C7H6N2/c11-9-6-5-7-3-1-2-4-8(7)10(9)15(12,13)14;1-5-3-2-4-6-7(5)9-8-6/h1-6,11H,(H,12,13,14);2-4H,1H3. The van der Waals surface area contributed by atoms with Gasteiger partial charge in [-0.15, -0.1) is 10.2 Å². The van der Waals surface area contributed by atoms with Crippen molar-refractivity contribution in [2.45, 2.75) is 11.8 Å². The predicted molar refractivity (Wildman–Crippen MR) is 90.8 cm³/mol. The molecule has 122 valence electrons. The molecule has 0 amide bonds.